The molecule has 1 rings (SSSR count). The van der Waals surface area contributed by atoms with Gasteiger partial charge >= 0.3 is 0 Å². The number of rotatable bonds is 4. The summed E-state index contributed by atoms with van der Waals surface area (Å²) in [4.78, 5) is 0. The molecule has 1 aromatic carbocycles. The summed E-state index contributed by atoms with van der Waals surface area (Å²) < 4.78 is 12.3. The highest BCUT2D eigenvalue weighted by Gasteiger charge is 2.06. The molecule has 84 valence electrons. The molecule has 0 saturated carbocycles. The minimum atomic E-state index is -0.265. The summed E-state index contributed by atoms with van der Waals surface area (Å²) in [5.74, 6) is 1.03. The fraction of sp³-hybridized carbons (Fsp3) is 0.571. The molecule has 0 nitrogen and oxygen atoms in total. The number of alkyl halides is 1. The van der Waals surface area contributed by atoms with E-state index in [0.29, 0.717) is 18.3 Å². The number of halogens is 1. The van der Waals surface area contributed by atoms with E-state index in [1.54, 1.807) is 0 Å². The first-order chi connectivity index (χ1) is 7.04. The summed E-state index contributed by atoms with van der Waals surface area (Å²) in [6.07, 6.45) is 0.542. The molecule has 0 fully saturated rings. The van der Waals surface area contributed by atoms with E-state index < -0.39 is 0 Å². The van der Waals surface area contributed by atoms with Crippen molar-refractivity contribution in [3.8, 4) is 0 Å². The second-order valence-electron chi connectivity index (χ2n) is 4.76. The Balaban J connectivity index is 3.08. The Hall–Kier alpha value is -0.850. The van der Waals surface area contributed by atoms with Crippen molar-refractivity contribution in [1.82, 2.24) is 0 Å². The van der Waals surface area contributed by atoms with Crippen molar-refractivity contribution >= 4 is 0 Å². The summed E-state index contributed by atoms with van der Waals surface area (Å²) in [6.45, 7) is 8.45. The Morgan fingerprint density at radius 1 is 0.933 bits per heavy atom. The first kappa shape index (κ1) is 12.2. The molecule has 0 spiro atoms. The SMILES string of the molecule is CC(C)c1cc(CCF)cc(C(C)C)c1. The predicted octanol–water partition coefficient (Wildman–Crippen LogP) is 4.45. The Morgan fingerprint density at radius 3 is 1.73 bits per heavy atom. The first-order valence-corrected chi connectivity index (χ1v) is 5.74. The summed E-state index contributed by atoms with van der Waals surface area (Å²) in [7, 11) is 0. The van der Waals surface area contributed by atoms with Crippen molar-refractivity contribution in [3.05, 3.63) is 34.9 Å². The molecular formula is C14H21F. The van der Waals surface area contributed by atoms with E-state index in [2.05, 4.69) is 45.9 Å². The maximum atomic E-state index is 12.3. The molecule has 0 amide bonds. The van der Waals surface area contributed by atoms with Crippen LogP contribution >= 0.6 is 0 Å². The van der Waals surface area contributed by atoms with Crippen LogP contribution in [0.5, 0.6) is 0 Å². The summed E-state index contributed by atoms with van der Waals surface area (Å²) in [6, 6.07) is 6.52. The van der Waals surface area contributed by atoms with Crippen LogP contribution in [0.4, 0.5) is 4.39 Å². The summed E-state index contributed by atoms with van der Waals surface area (Å²) >= 11 is 0. The van der Waals surface area contributed by atoms with Crippen LogP contribution in [-0.4, -0.2) is 6.67 Å². The molecule has 1 heteroatoms. The quantitative estimate of drug-likeness (QED) is 0.686. The van der Waals surface area contributed by atoms with Crippen LogP contribution in [0.2, 0.25) is 0 Å². The number of hydrogen-bond donors (Lipinski definition) is 0. The molecule has 0 atom stereocenters. The minimum Gasteiger partial charge on any atom is -0.251 e. The smallest absolute Gasteiger partial charge is 0.0934 e. The van der Waals surface area contributed by atoms with Crippen LogP contribution in [-0.2, 0) is 6.42 Å². The fourth-order valence-corrected chi connectivity index (χ4v) is 1.67. The van der Waals surface area contributed by atoms with E-state index >= 15 is 0 Å². The molecule has 0 aliphatic heterocycles. The van der Waals surface area contributed by atoms with Gasteiger partial charge in [-0.3, -0.25) is 4.39 Å². The lowest BCUT2D eigenvalue weighted by molar-refractivity contribution is 0.495. The predicted molar refractivity (Wildman–Crippen MR) is 64.3 cm³/mol. The monoisotopic (exact) mass is 208 g/mol. The van der Waals surface area contributed by atoms with Gasteiger partial charge in [-0.1, -0.05) is 45.9 Å². The summed E-state index contributed by atoms with van der Waals surface area (Å²) in [5.41, 5.74) is 3.78. The number of aryl methyl sites for hydroxylation is 1. The molecule has 0 aliphatic carbocycles. The number of hydrogen-bond acceptors (Lipinski definition) is 0. The lowest BCUT2D eigenvalue weighted by atomic mass is 9.92. The molecule has 0 bridgehead atoms. The van der Waals surface area contributed by atoms with Crippen molar-refractivity contribution in [2.75, 3.05) is 6.67 Å². The standard InChI is InChI=1S/C14H21F/c1-10(2)13-7-12(5-6-15)8-14(9-13)11(3)4/h7-11H,5-6H2,1-4H3. The van der Waals surface area contributed by atoms with E-state index in [0.717, 1.165) is 5.56 Å². The zero-order chi connectivity index (χ0) is 11.4. The second kappa shape index (κ2) is 5.29. The van der Waals surface area contributed by atoms with Crippen molar-refractivity contribution in [2.45, 2.75) is 46.0 Å². The normalized spacial score (nSPS) is 11.4. The molecule has 0 unspecified atom stereocenters. The Morgan fingerprint density at radius 2 is 1.40 bits per heavy atom. The van der Waals surface area contributed by atoms with Gasteiger partial charge in [-0.05, 0) is 28.5 Å². The maximum Gasteiger partial charge on any atom is 0.0934 e. The lowest BCUT2D eigenvalue weighted by Crippen LogP contribution is -1.97. The van der Waals surface area contributed by atoms with Gasteiger partial charge in [-0.25, -0.2) is 0 Å². The Kier molecular flexibility index (Phi) is 4.31. The van der Waals surface area contributed by atoms with Crippen LogP contribution in [0.25, 0.3) is 0 Å². The molecule has 0 N–H and O–H groups in total. The minimum absolute atomic E-state index is 0.265. The average molecular weight is 208 g/mol. The van der Waals surface area contributed by atoms with E-state index in [4.69, 9.17) is 0 Å². The van der Waals surface area contributed by atoms with Gasteiger partial charge < -0.3 is 0 Å². The zero-order valence-corrected chi connectivity index (χ0v) is 10.2. The van der Waals surface area contributed by atoms with Crippen LogP contribution < -0.4 is 0 Å². The Labute approximate surface area is 92.5 Å². The first-order valence-electron chi connectivity index (χ1n) is 5.74. The van der Waals surface area contributed by atoms with Gasteiger partial charge in [-0.2, -0.15) is 0 Å². The third-order valence-electron chi connectivity index (χ3n) is 2.75. The van der Waals surface area contributed by atoms with Crippen LogP contribution in [0.1, 0.15) is 56.2 Å². The van der Waals surface area contributed by atoms with Gasteiger partial charge in [0.1, 0.15) is 0 Å². The van der Waals surface area contributed by atoms with E-state index in [-0.39, 0.29) is 6.67 Å². The van der Waals surface area contributed by atoms with Crippen LogP contribution in [0, 0.1) is 0 Å². The van der Waals surface area contributed by atoms with E-state index in [1.165, 1.54) is 11.1 Å². The zero-order valence-electron chi connectivity index (χ0n) is 10.2. The molecule has 15 heavy (non-hydrogen) atoms. The highest BCUT2D eigenvalue weighted by Crippen LogP contribution is 2.23. The van der Waals surface area contributed by atoms with Crippen LogP contribution in [0.15, 0.2) is 18.2 Å². The number of benzene rings is 1. The largest absolute Gasteiger partial charge is 0.251 e. The highest BCUT2D eigenvalue weighted by atomic mass is 19.1. The molecule has 0 saturated heterocycles. The van der Waals surface area contributed by atoms with Crippen molar-refractivity contribution in [2.24, 2.45) is 0 Å². The fourth-order valence-electron chi connectivity index (χ4n) is 1.67. The van der Waals surface area contributed by atoms with Gasteiger partial charge in [0, 0.05) is 6.42 Å². The second-order valence-corrected chi connectivity index (χ2v) is 4.76. The van der Waals surface area contributed by atoms with Gasteiger partial charge in [0.15, 0.2) is 0 Å². The third-order valence-corrected chi connectivity index (χ3v) is 2.75. The highest BCUT2D eigenvalue weighted by molar-refractivity contribution is 5.33. The maximum absolute atomic E-state index is 12.3. The molecular weight excluding hydrogens is 187 g/mol. The van der Waals surface area contributed by atoms with Gasteiger partial charge in [0.05, 0.1) is 6.67 Å². The van der Waals surface area contributed by atoms with Crippen molar-refractivity contribution < 1.29 is 4.39 Å². The van der Waals surface area contributed by atoms with Crippen molar-refractivity contribution in [3.63, 3.8) is 0 Å². The van der Waals surface area contributed by atoms with Crippen LogP contribution in [0.3, 0.4) is 0 Å². The molecule has 0 radical (unpaired) electrons. The van der Waals surface area contributed by atoms with Gasteiger partial charge in [0.2, 0.25) is 0 Å². The molecule has 0 heterocycles. The third kappa shape index (κ3) is 3.33. The lowest BCUT2D eigenvalue weighted by Gasteiger charge is -2.13. The molecule has 1 aromatic rings. The summed E-state index contributed by atoms with van der Waals surface area (Å²) in [5, 5.41) is 0. The van der Waals surface area contributed by atoms with Gasteiger partial charge in [0.25, 0.3) is 0 Å². The van der Waals surface area contributed by atoms with Crippen molar-refractivity contribution in [1.29, 1.82) is 0 Å². The Bertz CT molecular complexity index is 287. The molecule has 0 aromatic heterocycles. The topological polar surface area (TPSA) is 0 Å². The van der Waals surface area contributed by atoms with Gasteiger partial charge in [-0.15, -0.1) is 0 Å². The average Bonchev–Trinajstić information content (AvgIpc) is 2.17. The van der Waals surface area contributed by atoms with E-state index in [1.807, 2.05) is 0 Å². The van der Waals surface area contributed by atoms with E-state index in [9.17, 15) is 4.39 Å². The molecule has 0 aliphatic rings.